The zero-order chi connectivity index (χ0) is 16.4. The predicted octanol–water partition coefficient (Wildman–Crippen LogP) is 1.07. The molecule has 1 atom stereocenters. The van der Waals surface area contributed by atoms with Gasteiger partial charge in [0.25, 0.3) is 0 Å². The molecule has 8 nitrogen and oxygen atoms in total. The second-order valence-electron chi connectivity index (χ2n) is 6.50. The summed E-state index contributed by atoms with van der Waals surface area (Å²) >= 11 is 0. The van der Waals surface area contributed by atoms with E-state index in [4.69, 9.17) is 9.15 Å². The van der Waals surface area contributed by atoms with Gasteiger partial charge in [0, 0.05) is 38.8 Å². The van der Waals surface area contributed by atoms with Gasteiger partial charge in [0.2, 0.25) is 11.8 Å². The number of hydrogen-bond donors (Lipinski definition) is 0. The number of anilines is 1. The fourth-order valence-electron chi connectivity index (χ4n) is 2.95. The van der Waals surface area contributed by atoms with Gasteiger partial charge < -0.3 is 14.1 Å². The lowest BCUT2D eigenvalue weighted by Gasteiger charge is -2.34. The minimum atomic E-state index is 0.122. The standard InChI is InChI=1S/C16H22N6O2/c1-21(14-3-2-6-17-18-14)9-13-10-22(7-8-23-13)11-15-19-20-16(24-15)12-4-5-12/h2-3,6,12-13H,4-5,7-11H2,1H3/t13-/m1/s1. The average molecular weight is 330 g/mol. The zero-order valence-electron chi connectivity index (χ0n) is 13.8. The highest BCUT2D eigenvalue weighted by Crippen LogP contribution is 2.39. The molecule has 24 heavy (non-hydrogen) atoms. The van der Waals surface area contributed by atoms with E-state index in [2.05, 4.69) is 30.2 Å². The molecule has 0 bridgehead atoms. The van der Waals surface area contributed by atoms with Crippen LogP contribution < -0.4 is 4.90 Å². The van der Waals surface area contributed by atoms with Crippen LogP contribution in [0.5, 0.6) is 0 Å². The summed E-state index contributed by atoms with van der Waals surface area (Å²) in [6.07, 6.45) is 4.15. The number of rotatable bonds is 6. The van der Waals surface area contributed by atoms with Crippen molar-refractivity contribution in [3.63, 3.8) is 0 Å². The van der Waals surface area contributed by atoms with Crippen molar-refractivity contribution in [1.29, 1.82) is 0 Å². The summed E-state index contributed by atoms with van der Waals surface area (Å²) in [6.45, 7) is 3.89. The van der Waals surface area contributed by atoms with Crippen molar-refractivity contribution >= 4 is 5.82 Å². The number of hydrogen-bond acceptors (Lipinski definition) is 8. The van der Waals surface area contributed by atoms with Gasteiger partial charge in [-0.3, -0.25) is 4.90 Å². The minimum absolute atomic E-state index is 0.122. The summed E-state index contributed by atoms with van der Waals surface area (Å²) in [6, 6.07) is 3.84. The summed E-state index contributed by atoms with van der Waals surface area (Å²) in [7, 11) is 2.01. The highest BCUT2D eigenvalue weighted by atomic mass is 16.5. The van der Waals surface area contributed by atoms with E-state index in [1.165, 1.54) is 12.8 Å². The molecule has 1 aliphatic carbocycles. The molecule has 0 radical (unpaired) electrons. The molecule has 1 aliphatic heterocycles. The van der Waals surface area contributed by atoms with Crippen LogP contribution in [-0.4, -0.2) is 64.7 Å². The fourth-order valence-corrected chi connectivity index (χ4v) is 2.95. The van der Waals surface area contributed by atoms with Crippen LogP contribution in [0.2, 0.25) is 0 Å². The molecule has 1 saturated carbocycles. The number of aromatic nitrogens is 4. The maximum atomic E-state index is 5.89. The predicted molar refractivity (Wildman–Crippen MR) is 86.6 cm³/mol. The Morgan fingerprint density at radius 2 is 2.21 bits per heavy atom. The van der Waals surface area contributed by atoms with Gasteiger partial charge in [-0.05, 0) is 25.0 Å². The van der Waals surface area contributed by atoms with Gasteiger partial charge in [0.1, 0.15) is 0 Å². The first-order chi connectivity index (χ1) is 11.8. The molecule has 4 rings (SSSR count). The first kappa shape index (κ1) is 15.5. The first-order valence-corrected chi connectivity index (χ1v) is 8.43. The Labute approximate surface area is 140 Å². The van der Waals surface area contributed by atoms with Crippen LogP contribution in [0.15, 0.2) is 22.7 Å². The lowest BCUT2D eigenvalue weighted by Crippen LogP contribution is -2.46. The zero-order valence-corrected chi connectivity index (χ0v) is 13.8. The number of likely N-dealkylation sites (N-methyl/N-ethyl adjacent to an activating group) is 1. The van der Waals surface area contributed by atoms with Crippen molar-refractivity contribution < 1.29 is 9.15 Å². The summed E-state index contributed by atoms with van der Waals surface area (Å²) in [5, 5.41) is 16.4. The second-order valence-corrected chi connectivity index (χ2v) is 6.50. The van der Waals surface area contributed by atoms with E-state index in [-0.39, 0.29) is 6.10 Å². The third-order valence-corrected chi connectivity index (χ3v) is 4.42. The summed E-state index contributed by atoms with van der Waals surface area (Å²) in [4.78, 5) is 4.38. The van der Waals surface area contributed by atoms with Gasteiger partial charge in [0.15, 0.2) is 5.82 Å². The van der Waals surface area contributed by atoms with E-state index in [1.54, 1.807) is 6.20 Å². The maximum Gasteiger partial charge on any atom is 0.230 e. The van der Waals surface area contributed by atoms with Gasteiger partial charge in [-0.1, -0.05) is 0 Å². The molecule has 128 valence electrons. The van der Waals surface area contributed by atoms with Crippen LogP contribution in [-0.2, 0) is 11.3 Å². The molecular weight excluding hydrogens is 308 g/mol. The van der Waals surface area contributed by atoms with E-state index in [1.807, 2.05) is 19.2 Å². The molecule has 0 spiro atoms. The Morgan fingerprint density at radius 1 is 1.29 bits per heavy atom. The molecule has 0 unspecified atom stereocenters. The van der Waals surface area contributed by atoms with Crippen molar-refractivity contribution in [2.75, 3.05) is 38.2 Å². The molecular formula is C16H22N6O2. The number of nitrogens with zero attached hydrogens (tertiary/aromatic N) is 6. The number of morpholine rings is 1. The smallest absolute Gasteiger partial charge is 0.230 e. The van der Waals surface area contributed by atoms with Crippen LogP contribution in [0, 0.1) is 0 Å². The third-order valence-electron chi connectivity index (χ3n) is 4.42. The molecule has 8 heteroatoms. The van der Waals surface area contributed by atoms with E-state index in [0.717, 1.165) is 31.3 Å². The SMILES string of the molecule is CN(C[C@@H]1CN(Cc2nnc(C3CC3)o2)CCO1)c1cccnn1. The average Bonchev–Trinajstić information content (AvgIpc) is 3.36. The molecule has 0 aromatic carbocycles. The molecule has 0 amide bonds. The third kappa shape index (κ3) is 3.70. The van der Waals surface area contributed by atoms with Gasteiger partial charge >= 0.3 is 0 Å². The first-order valence-electron chi connectivity index (χ1n) is 8.43. The highest BCUT2D eigenvalue weighted by molar-refractivity contribution is 5.35. The Bertz CT molecular complexity index is 660. The monoisotopic (exact) mass is 330 g/mol. The molecule has 1 saturated heterocycles. The van der Waals surface area contributed by atoms with Crippen molar-refractivity contribution in [1.82, 2.24) is 25.3 Å². The van der Waals surface area contributed by atoms with Crippen molar-refractivity contribution in [3.8, 4) is 0 Å². The fraction of sp³-hybridized carbons (Fsp3) is 0.625. The summed E-state index contributed by atoms with van der Waals surface area (Å²) in [5.74, 6) is 2.87. The molecule has 2 aliphatic rings. The molecule has 0 N–H and O–H groups in total. The second kappa shape index (κ2) is 6.82. The van der Waals surface area contributed by atoms with Gasteiger partial charge in [0.05, 0.1) is 19.3 Å². The highest BCUT2D eigenvalue weighted by Gasteiger charge is 2.30. The Kier molecular flexibility index (Phi) is 4.40. The van der Waals surface area contributed by atoms with Gasteiger partial charge in [-0.2, -0.15) is 5.10 Å². The Balaban J connectivity index is 1.31. The van der Waals surface area contributed by atoms with Gasteiger partial charge in [-0.15, -0.1) is 15.3 Å². The van der Waals surface area contributed by atoms with E-state index in [9.17, 15) is 0 Å². The molecule has 2 aromatic rings. The van der Waals surface area contributed by atoms with Crippen molar-refractivity contribution in [2.24, 2.45) is 0 Å². The number of ether oxygens (including phenoxy) is 1. The quantitative estimate of drug-likeness (QED) is 0.778. The van der Waals surface area contributed by atoms with Crippen molar-refractivity contribution in [2.45, 2.75) is 31.4 Å². The van der Waals surface area contributed by atoms with Crippen LogP contribution in [0.25, 0.3) is 0 Å². The van der Waals surface area contributed by atoms with Gasteiger partial charge in [-0.25, -0.2) is 0 Å². The van der Waals surface area contributed by atoms with E-state index in [0.29, 0.717) is 25.0 Å². The lowest BCUT2D eigenvalue weighted by molar-refractivity contribution is -0.0288. The Hall–Kier alpha value is -2.06. The van der Waals surface area contributed by atoms with Crippen LogP contribution in [0.3, 0.4) is 0 Å². The van der Waals surface area contributed by atoms with Crippen LogP contribution >= 0.6 is 0 Å². The summed E-state index contributed by atoms with van der Waals surface area (Å²) < 4.78 is 11.7. The largest absolute Gasteiger partial charge is 0.424 e. The topological polar surface area (TPSA) is 80.4 Å². The molecule has 2 aromatic heterocycles. The van der Waals surface area contributed by atoms with Crippen molar-refractivity contribution in [3.05, 3.63) is 30.1 Å². The maximum absolute atomic E-state index is 5.89. The Morgan fingerprint density at radius 3 is 3.00 bits per heavy atom. The van der Waals surface area contributed by atoms with E-state index >= 15 is 0 Å². The summed E-state index contributed by atoms with van der Waals surface area (Å²) in [5.41, 5.74) is 0. The minimum Gasteiger partial charge on any atom is -0.424 e. The molecule has 3 heterocycles. The van der Waals surface area contributed by atoms with Crippen LogP contribution in [0.1, 0.15) is 30.5 Å². The van der Waals surface area contributed by atoms with E-state index < -0.39 is 0 Å². The van der Waals surface area contributed by atoms with Crippen LogP contribution in [0.4, 0.5) is 5.82 Å². The lowest BCUT2D eigenvalue weighted by atomic mass is 10.2. The normalized spacial score (nSPS) is 21.8. The molecule has 2 fully saturated rings.